The fourth-order valence-corrected chi connectivity index (χ4v) is 5.12. The van der Waals surface area contributed by atoms with Gasteiger partial charge in [0.25, 0.3) is 11.8 Å². The van der Waals surface area contributed by atoms with E-state index in [0.29, 0.717) is 63.2 Å². The summed E-state index contributed by atoms with van der Waals surface area (Å²) in [4.78, 5) is 42.7. The van der Waals surface area contributed by atoms with Crippen LogP contribution >= 0.6 is 0 Å². The minimum atomic E-state index is -0.121. The van der Waals surface area contributed by atoms with Gasteiger partial charge in [-0.1, -0.05) is 48.5 Å². The molecule has 8 heteroatoms. The van der Waals surface area contributed by atoms with Crippen molar-refractivity contribution in [2.75, 3.05) is 19.6 Å². The van der Waals surface area contributed by atoms with Crippen LogP contribution in [0.15, 0.2) is 60.7 Å². The Morgan fingerprint density at radius 1 is 0.889 bits per heavy atom. The number of fused-ring (bicyclic) bond motifs is 1. The number of carbonyl (C=O) groups excluding carboxylic acids is 3. The van der Waals surface area contributed by atoms with Crippen LogP contribution in [0.25, 0.3) is 0 Å². The summed E-state index contributed by atoms with van der Waals surface area (Å²) in [6.45, 7) is 2.51. The summed E-state index contributed by atoms with van der Waals surface area (Å²) in [6.07, 6.45) is 1.91. The van der Waals surface area contributed by atoms with Crippen LogP contribution in [0.1, 0.15) is 50.5 Å². The summed E-state index contributed by atoms with van der Waals surface area (Å²) in [5.74, 6) is -0.222. The molecule has 2 aliphatic heterocycles. The number of likely N-dealkylation sites (tertiary alicyclic amines) is 1. The molecule has 0 saturated carbocycles. The Kier molecular flexibility index (Phi) is 6.84. The highest BCUT2D eigenvalue weighted by Gasteiger charge is 2.34. The molecule has 5 rings (SSSR count). The van der Waals surface area contributed by atoms with E-state index in [2.05, 4.69) is 10.4 Å². The lowest BCUT2D eigenvalue weighted by Crippen LogP contribution is -2.43. The predicted octanol–water partition coefficient (Wildman–Crippen LogP) is 2.79. The lowest BCUT2D eigenvalue weighted by molar-refractivity contribution is -0.126. The molecule has 0 unspecified atom stereocenters. The van der Waals surface area contributed by atoms with Gasteiger partial charge in [-0.25, -0.2) is 0 Å². The molecule has 1 aromatic heterocycles. The normalized spacial score (nSPS) is 15.9. The zero-order chi connectivity index (χ0) is 25.1. The van der Waals surface area contributed by atoms with Gasteiger partial charge < -0.3 is 15.1 Å². The van der Waals surface area contributed by atoms with Crippen LogP contribution in [-0.2, 0) is 31.4 Å². The summed E-state index contributed by atoms with van der Waals surface area (Å²) in [6, 6.07) is 19.1. The molecule has 0 radical (unpaired) electrons. The lowest BCUT2D eigenvalue weighted by Gasteiger charge is -2.32. The van der Waals surface area contributed by atoms with Gasteiger partial charge in [0.1, 0.15) is 0 Å². The van der Waals surface area contributed by atoms with E-state index in [1.807, 2.05) is 67.7 Å². The quantitative estimate of drug-likeness (QED) is 0.602. The Morgan fingerprint density at radius 2 is 1.56 bits per heavy atom. The highest BCUT2D eigenvalue weighted by atomic mass is 16.2. The first-order chi connectivity index (χ1) is 17.5. The molecule has 2 aromatic carbocycles. The SMILES string of the molecule is Cn1nc(C(=O)N2CCC(C(=O)NCc3ccccc3)CC2)c2c1CCN(C(=O)c1ccccc1)C2. The fraction of sp³-hybridized carbons (Fsp3) is 0.357. The monoisotopic (exact) mass is 485 g/mol. The molecular formula is C28H31N5O3. The number of rotatable bonds is 5. The maximum Gasteiger partial charge on any atom is 0.274 e. The van der Waals surface area contributed by atoms with Gasteiger partial charge in [0.05, 0.1) is 6.54 Å². The second-order valence-corrected chi connectivity index (χ2v) is 9.51. The molecule has 0 spiro atoms. The number of nitrogens with zero attached hydrogens (tertiary/aromatic N) is 4. The maximum atomic E-state index is 13.5. The standard InChI is InChI=1S/C28H31N5O3/c1-31-24-14-17-33(27(35)22-10-6-3-7-11-22)19-23(24)25(30-31)28(36)32-15-12-21(13-16-32)26(34)29-18-20-8-4-2-5-9-20/h2-11,21H,12-19H2,1H3,(H,29,34). The zero-order valence-electron chi connectivity index (χ0n) is 20.5. The van der Waals surface area contributed by atoms with Gasteiger partial charge in [-0.15, -0.1) is 0 Å². The lowest BCUT2D eigenvalue weighted by atomic mass is 9.95. The van der Waals surface area contributed by atoms with Crippen LogP contribution in [0, 0.1) is 5.92 Å². The molecule has 1 saturated heterocycles. The number of amides is 3. The van der Waals surface area contributed by atoms with Crippen molar-refractivity contribution < 1.29 is 14.4 Å². The molecule has 0 atom stereocenters. The summed E-state index contributed by atoms with van der Waals surface area (Å²) < 4.78 is 1.77. The molecular weight excluding hydrogens is 454 g/mol. The summed E-state index contributed by atoms with van der Waals surface area (Å²) >= 11 is 0. The first-order valence-corrected chi connectivity index (χ1v) is 12.5. The maximum absolute atomic E-state index is 13.5. The van der Waals surface area contributed by atoms with Crippen molar-refractivity contribution in [3.05, 3.63) is 88.7 Å². The molecule has 3 heterocycles. The van der Waals surface area contributed by atoms with Gasteiger partial charge in [-0.2, -0.15) is 5.10 Å². The van der Waals surface area contributed by atoms with Crippen molar-refractivity contribution in [2.45, 2.75) is 32.4 Å². The van der Waals surface area contributed by atoms with Crippen LogP contribution in [0.3, 0.4) is 0 Å². The van der Waals surface area contributed by atoms with E-state index >= 15 is 0 Å². The van der Waals surface area contributed by atoms with Crippen LogP contribution in [0.4, 0.5) is 0 Å². The van der Waals surface area contributed by atoms with Crippen LogP contribution < -0.4 is 5.32 Å². The third kappa shape index (κ3) is 4.89. The van der Waals surface area contributed by atoms with Crippen molar-refractivity contribution in [3.8, 4) is 0 Å². The first kappa shape index (κ1) is 23.8. The Hall–Kier alpha value is -3.94. The van der Waals surface area contributed by atoms with E-state index in [1.54, 1.807) is 14.5 Å². The Balaban J connectivity index is 1.21. The van der Waals surface area contributed by atoms with E-state index < -0.39 is 0 Å². The van der Waals surface area contributed by atoms with Crippen LogP contribution in [0.2, 0.25) is 0 Å². The van der Waals surface area contributed by atoms with Crippen molar-refractivity contribution >= 4 is 17.7 Å². The first-order valence-electron chi connectivity index (χ1n) is 12.5. The molecule has 0 aliphatic carbocycles. The average molecular weight is 486 g/mol. The minimum Gasteiger partial charge on any atom is -0.352 e. The van der Waals surface area contributed by atoms with E-state index in [0.717, 1.165) is 16.8 Å². The smallest absolute Gasteiger partial charge is 0.274 e. The second kappa shape index (κ2) is 10.4. The van der Waals surface area contributed by atoms with Gasteiger partial charge in [0.15, 0.2) is 5.69 Å². The van der Waals surface area contributed by atoms with Crippen molar-refractivity contribution in [1.82, 2.24) is 24.9 Å². The van der Waals surface area contributed by atoms with Crippen molar-refractivity contribution in [2.24, 2.45) is 13.0 Å². The second-order valence-electron chi connectivity index (χ2n) is 9.51. The molecule has 3 amide bonds. The highest BCUT2D eigenvalue weighted by molar-refractivity contribution is 5.96. The zero-order valence-corrected chi connectivity index (χ0v) is 20.5. The van der Waals surface area contributed by atoms with E-state index in [1.165, 1.54) is 0 Å². The predicted molar refractivity (Wildman–Crippen MR) is 135 cm³/mol. The fourth-order valence-electron chi connectivity index (χ4n) is 5.12. The number of piperidine rings is 1. The summed E-state index contributed by atoms with van der Waals surface area (Å²) in [7, 11) is 1.85. The van der Waals surface area contributed by atoms with E-state index in [-0.39, 0.29) is 23.6 Å². The molecule has 36 heavy (non-hydrogen) atoms. The molecule has 1 N–H and O–H groups in total. The minimum absolute atomic E-state index is 0.0363. The number of aromatic nitrogens is 2. The van der Waals surface area contributed by atoms with Crippen LogP contribution in [0.5, 0.6) is 0 Å². The number of hydrogen-bond donors (Lipinski definition) is 1. The Bertz CT molecular complexity index is 1250. The molecule has 186 valence electrons. The number of nitrogens with one attached hydrogen (secondary N) is 1. The van der Waals surface area contributed by atoms with Gasteiger partial charge in [-0.05, 0) is 30.5 Å². The number of hydrogen-bond acceptors (Lipinski definition) is 4. The topological polar surface area (TPSA) is 87.5 Å². The van der Waals surface area contributed by atoms with Crippen molar-refractivity contribution in [1.29, 1.82) is 0 Å². The molecule has 1 fully saturated rings. The molecule has 2 aliphatic rings. The number of benzene rings is 2. The summed E-state index contributed by atoms with van der Waals surface area (Å²) in [5, 5.41) is 7.58. The van der Waals surface area contributed by atoms with Gasteiger partial charge in [0.2, 0.25) is 5.91 Å². The summed E-state index contributed by atoms with van der Waals surface area (Å²) in [5.41, 5.74) is 3.97. The average Bonchev–Trinajstić information content (AvgIpc) is 3.27. The molecule has 0 bridgehead atoms. The van der Waals surface area contributed by atoms with E-state index in [9.17, 15) is 14.4 Å². The van der Waals surface area contributed by atoms with Gasteiger partial charge in [-0.3, -0.25) is 19.1 Å². The molecule has 8 nitrogen and oxygen atoms in total. The van der Waals surface area contributed by atoms with Crippen LogP contribution in [-0.4, -0.2) is 56.9 Å². The third-order valence-corrected chi connectivity index (χ3v) is 7.22. The number of carbonyl (C=O) groups is 3. The Morgan fingerprint density at radius 3 is 2.25 bits per heavy atom. The van der Waals surface area contributed by atoms with Crippen molar-refractivity contribution in [3.63, 3.8) is 0 Å². The third-order valence-electron chi connectivity index (χ3n) is 7.22. The van der Waals surface area contributed by atoms with E-state index in [4.69, 9.17) is 0 Å². The van der Waals surface area contributed by atoms with Gasteiger partial charge >= 0.3 is 0 Å². The highest BCUT2D eigenvalue weighted by Crippen LogP contribution is 2.26. The largest absolute Gasteiger partial charge is 0.352 e. The molecule has 3 aromatic rings. The van der Waals surface area contributed by atoms with Gasteiger partial charge in [0, 0.05) is 62.4 Å². The number of aryl methyl sites for hydroxylation is 1. The Labute approximate surface area is 210 Å².